The summed E-state index contributed by atoms with van der Waals surface area (Å²) >= 11 is 0. The predicted octanol–water partition coefficient (Wildman–Crippen LogP) is 3.03. The molecular weight excluding hydrogens is 252 g/mol. The zero-order valence-electron chi connectivity index (χ0n) is 11.9. The van der Waals surface area contributed by atoms with Crippen molar-refractivity contribution in [1.29, 1.82) is 0 Å². The van der Waals surface area contributed by atoms with E-state index in [-0.39, 0.29) is 5.69 Å². The van der Waals surface area contributed by atoms with E-state index in [1.54, 1.807) is 0 Å². The van der Waals surface area contributed by atoms with Crippen LogP contribution in [0.5, 0.6) is 0 Å². The van der Waals surface area contributed by atoms with Gasteiger partial charge in [-0.3, -0.25) is 5.10 Å². The van der Waals surface area contributed by atoms with E-state index in [0.29, 0.717) is 5.92 Å². The van der Waals surface area contributed by atoms with Crippen LogP contribution in [-0.2, 0) is 6.42 Å². The number of carboxylic acid groups (broad SMARTS) is 1. The monoisotopic (exact) mass is 274 g/mol. The Labute approximate surface area is 119 Å². The lowest BCUT2D eigenvalue weighted by Crippen LogP contribution is -2.45. The van der Waals surface area contributed by atoms with Crippen molar-refractivity contribution in [3.8, 4) is 0 Å². The predicted molar refractivity (Wildman–Crippen MR) is 74.5 cm³/mol. The molecule has 0 spiro atoms. The number of aromatic carboxylic acids is 1. The topological polar surface area (TPSA) is 66.0 Å². The number of nitrogens with one attached hydrogen (secondary N) is 1. The fraction of sp³-hybridized carbons (Fsp3) is 0.750. The maximum absolute atomic E-state index is 11.3. The van der Waals surface area contributed by atoms with Gasteiger partial charge in [0, 0.05) is 11.3 Å². The highest BCUT2D eigenvalue weighted by Gasteiger charge is 2.48. The summed E-state index contributed by atoms with van der Waals surface area (Å²) in [6, 6.07) is 0. The van der Waals surface area contributed by atoms with Gasteiger partial charge in [-0.05, 0) is 75.0 Å². The van der Waals surface area contributed by atoms with Crippen molar-refractivity contribution in [1.82, 2.24) is 10.2 Å². The van der Waals surface area contributed by atoms with Crippen molar-refractivity contribution < 1.29 is 9.90 Å². The van der Waals surface area contributed by atoms with Gasteiger partial charge in [0.25, 0.3) is 0 Å². The highest BCUT2D eigenvalue weighted by Crippen LogP contribution is 2.57. The molecular formula is C16H22N2O2. The molecule has 4 nitrogen and oxygen atoms in total. The van der Waals surface area contributed by atoms with Gasteiger partial charge in [-0.15, -0.1) is 0 Å². The third kappa shape index (κ3) is 1.80. The Morgan fingerprint density at radius 3 is 2.35 bits per heavy atom. The maximum atomic E-state index is 11.3. The van der Waals surface area contributed by atoms with Gasteiger partial charge in [0.2, 0.25) is 0 Å². The third-order valence-corrected chi connectivity index (χ3v) is 6.14. The van der Waals surface area contributed by atoms with Crippen molar-refractivity contribution in [2.45, 2.75) is 45.4 Å². The van der Waals surface area contributed by atoms with Crippen LogP contribution in [0.3, 0.4) is 0 Å². The zero-order chi connectivity index (χ0) is 13.9. The van der Waals surface area contributed by atoms with Gasteiger partial charge < -0.3 is 5.11 Å². The maximum Gasteiger partial charge on any atom is 0.356 e. The number of rotatable bonds is 3. The van der Waals surface area contributed by atoms with Crippen LogP contribution in [0.15, 0.2) is 0 Å². The molecule has 20 heavy (non-hydrogen) atoms. The molecule has 4 bridgehead atoms. The van der Waals surface area contributed by atoms with Crippen LogP contribution < -0.4 is 0 Å². The minimum absolute atomic E-state index is 0.247. The molecule has 1 aromatic heterocycles. The molecule has 4 aliphatic rings. The first-order chi connectivity index (χ1) is 9.61. The number of hydrogen-bond acceptors (Lipinski definition) is 2. The third-order valence-electron chi connectivity index (χ3n) is 6.14. The standard InChI is InChI=1S/C16H22N2O2/c1-8-13(15(16(19)20)18-17-8)7-14-11-3-9-2-10(5-11)6-12(14)4-9/h9-12,14H,2-7H2,1H3,(H,17,18)(H,19,20). The second-order valence-corrected chi connectivity index (χ2v) is 7.28. The molecule has 1 heterocycles. The van der Waals surface area contributed by atoms with Crippen molar-refractivity contribution in [3.63, 3.8) is 0 Å². The van der Waals surface area contributed by atoms with Crippen LogP contribution in [0.1, 0.15) is 53.8 Å². The smallest absolute Gasteiger partial charge is 0.356 e. The lowest BCUT2D eigenvalue weighted by atomic mass is 9.51. The Morgan fingerprint density at radius 1 is 1.20 bits per heavy atom. The fourth-order valence-electron chi connectivity index (χ4n) is 5.49. The number of aryl methyl sites for hydroxylation is 1. The van der Waals surface area contributed by atoms with Gasteiger partial charge >= 0.3 is 5.97 Å². The number of carboxylic acids is 1. The summed E-state index contributed by atoms with van der Waals surface area (Å²) < 4.78 is 0. The van der Waals surface area contributed by atoms with Crippen LogP contribution in [-0.4, -0.2) is 21.3 Å². The molecule has 4 aliphatic carbocycles. The van der Waals surface area contributed by atoms with Crippen LogP contribution in [0.4, 0.5) is 0 Å². The lowest BCUT2D eigenvalue weighted by Gasteiger charge is -2.54. The largest absolute Gasteiger partial charge is 0.476 e. The van der Waals surface area contributed by atoms with Crippen LogP contribution in [0, 0.1) is 36.5 Å². The van der Waals surface area contributed by atoms with Gasteiger partial charge in [0.15, 0.2) is 5.69 Å². The molecule has 0 radical (unpaired) electrons. The number of nitrogens with zero attached hydrogens (tertiary/aromatic N) is 1. The molecule has 0 saturated heterocycles. The first-order valence-corrected chi connectivity index (χ1v) is 7.89. The van der Waals surface area contributed by atoms with Crippen LogP contribution in [0.25, 0.3) is 0 Å². The van der Waals surface area contributed by atoms with E-state index in [2.05, 4.69) is 10.2 Å². The van der Waals surface area contributed by atoms with Crippen molar-refractivity contribution in [3.05, 3.63) is 17.0 Å². The highest BCUT2D eigenvalue weighted by molar-refractivity contribution is 5.87. The van der Waals surface area contributed by atoms with E-state index in [0.717, 1.165) is 41.3 Å². The summed E-state index contributed by atoms with van der Waals surface area (Å²) in [6.45, 7) is 1.95. The second-order valence-electron chi connectivity index (χ2n) is 7.28. The Hall–Kier alpha value is -1.32. The van der Waals surface area contributed by atoms with Crippen molar-refractivity contribution in [2.75, 3.05) is 0 Å². The first-order valence-electron chi connectivity index (χ1n) is 7.89. The summed E-state index contributed by atoms with van der Waals surface area (Å²) in [5.41, 5.74) is 2.14. The molecule has 108 valence electrons. The molecule has 0 aromatic carbocycles. The number of hydrogen-bond donors (Lipinski definition) is 2. The second kappa shape index (κ2) is 4.34. The summed E-state index contributed by atoms with van der Waals surface area (Å²) in [5, 5.41) is 16.1. The average molecular weight is 274 g/mol. The fourth-order valence-corrected chi connectivity index (χ4v) is 5.49. The van der Waals surface area contributed by atoms with Gasteiger partial charge in [-0.1, -0.05) is 0 Å². The number of carbonyl (C=O) groups is 1. The van der Waals surface area contributed by atoms with Crippen LogP contribution in [0.2, 0.25) is 0 Å². The Morgan fingerprint density at radius 2 is 1.80 bits per heavy atom. The van der Waals surface area contributed by atoms with Gasteiger partial charge in [0.1, 0.15) is 0 Å². The zero-order valence-corrected chi connectivity index (χ0v) is 11.9. The van der Waals surface area contributed by atoms with E-state index < -0.39 is 5.97 Å². The minimum atomic E-state index is -0.895. The van der Waals surface area contributed by atoms with E-state index in [9.17, 15) is 9.90 Å². The molecule has 4 fully saturated rings. The minimum Gasteiger partial charge on any atom is -0.476 e. The molecule has 1 aromatic rings. The van der Waals surface area contributed by atoms with E-state index >= 15 is 0 Å². The molecule has 5 rings (SSSR count). The van der Waals surface area contributed by atoms with Gasteiger partial charge in [-0.2, -0.15) is 5.10 Å². The SMILES string of the molecule is Cc1[nH]nc(C(=O)O)c1CC1C2CC3CC(C2)CC1C3. The molecule has 0 aliphatic heterocycles. The van der Waals surface area contributed by atoms with Crippen LogP contribution >= 0.6 is 0 Å². The molecule has 4 saturated carbocycles. The molecule has 0 unspecified atom stereocenters. The van der Waals surface area contributed by atoms with E-state index in [1.165, 1.54) is 32.1 Å². The lowest BCUT2D eigenvalue weighted by molar-refractivity contribution is -0.0361. The summed E-state index contributed by atoms with van der Waals surface area (Å²) in [7, 11) is 0. The highest BCUT2D eigenvalue weighted by atomic mass is 16.4. The van der Waals surface area contributed by atoms with Gasteiger partial charge in [-0.25, -0.2) is 4.79 Å². The molecule has 0 atom stereocenters. The van der Waals surface area contributed by atoms with E-state index in [1.807, 2.05) is 6.92 Å². The first kappa shape index (κ1) is 12.4. The summed E-state index contributed by atoms with van der Waals surface area (Å²) in [6.07, 6.45) is 7.92. The molecule has 0 amide bonds. The molecule has 2 N–H and O–H groups in total. The molecule has 4 heteroatoms. The number of H-pyrrole nitrogens is 1. The Bertz CT molecular complexity index is 521. The summed E-state index contributed by atoms with van der Waals surface area (Å²) in [5.74, 6) is 3.41. The van der Waals surface area contributed by atoms with Gasteiger partial charge in [0.05, 0.1) is 0 Å². The van der Waals surface area contributed by atoms with E-state index in [4.69, 9.17) is 0 Å². The number of aromatic amines is 1. The number of aromatic nitrogens is 2. The normalized spacial score (nSPS) is 38.4. The Balaban J connectivity index is 1.60. The quantitative estimate of drug-likeness (QED) is 0.890. The summed E-state index contributed by atoms with van der Waals surface area (Å²) in [4.78, 5) is 11.3. The Kier molecular flexibility index (Phi) is 2.69. The average Bonchev–Trinajstić information content (AvgIpc) is 2.74. The van der Waals surface area contributed by atoms with Crippen molar-refractivity contribution >= 4 is 5.97 Å². The van der Waals surface area contributed by atoms with Crippen molar-refractivity contribution in [2.24, 2.45) is 29.6 Å².